The minimum atomic E-state index is -0.561. The van der Waals surface area contributed by atoms with Gasteiger partial charge in [-0.1, -0.05) is 53.7 Å². The van der Waals surface area contributed by atoms with Gasteiger partial charge in [0.1, 0.15) is 19.8 Å². The summed E-state index contributed by atoms with van der Waals surface area (Å²) in [6, 6.07) is 7.71. The van der Waals surface area contributed by atoms with Crippen molar-refractivity contribution in [1.82, 2.24) is 0 Å². The molecule has 0 fully saturated rings. The molecule has 0 spiro atoms. The molecule has 1 unspecified atom stereocenters. The Labute approximate surface area is 171 Å². The Balaban J connectivity index is 1.77. The van der Waals surface area contributed by atoms with Gasteiger partial charge in [-0.2, -0.15) is 0 Å². The quantitative estimate of drug-likeness (QED) is 0.615. The summed E-state index contributed by atoms with van der Waals surface area (Å²) in [5.41, 5.74) is 2.10. The summed E-state index contributed by atoms with van der Waals surface area (Å²) in [5.74, 6) is 1.62. The van der Waals surface area contributed by atoms with Crippen molar-refractivity contribution in [2.24, 2.45) is 0 Å². The number of hydrogen-bond acceptors (Lipinski definition) is 4. The molecule has 0 bridgehead atoms. The Morgan fingerprint density at radius 2 is 1.48 bits per heavy atom. The largest absolute Gasteiger partial charge is 0.486 e. The van der Waals surface area contributed by atoms with Crippen LogP contribution in [0.25, 0.3) is 0 Å². The van der Waals surface area contributed by atoms with Crippen LogP contribution in [0.1, 0.15) is 64.3 Å². The van der Waals surface area contributed by atoms with Crippen LogP contribution in [0.5, 0.6) is 23.0 Å². The minimum Gasteiger partial charge on any atom is -0.486 e. The van der Waals surface area contributed by atoms with Crippen molar-refractivity contribution in [3.8, 4) is 23.0 Å². The Hall–Kier alpha value is -2.43. The van der Waals surface area contributed by atoms with E-state index in [4.69, 9.17) is 18.9 Å². The molecule has 0 radical (unpaired) electrons. The molecule has 2 aromatic rings. The summed E-state index contributed by atoms with van der Waals surface area (Å²) in [5, 5.41) is 0. The molecule has 4 rings (SSSR count). The van der Waals surface area contributed by atoms with Gasteiger partial charge in [-0.3, -0.25) is 0 Å². The van der Waals surface area contributed by atoms with Crippen molar-refractivity contribution in [1.29, 1.82) is 0 Å². The maximum absolute atomic E-state index is 15.4. The number of benzene rings is 2. The molecule has 2 heterocycles. The number of ether oxygens (including phenoxy) is 4. The number of halogens is 1. The first-order valence-electron chi connectivity index (χ1n) is 10.1. The molecule has 0 aromatic heterocycles. The molecule has 1 atom stereocenters. The molecule has 0 saturated heterocycles. The van der Waals surface area contributed by atoms with Crippen LogP contribution in [0, 0.1) is 5.82 Å². The van der Waals surface area contributed by atoms with Crippen LogP contribution in [-0.4, -0.2) is 19.8 Å². The Bertz CT molecular complexity index is 937. The van der Waals surface area contributed by atoms with E-state index < -0.39 is 11.9 Å². The van der Waals surface area contributed by atoms with Crippen molar-refractivity contribution in [3.05, 3.63) is 46.8 Å². The number of fused-ring (bicyclic) bond motifs is 2. The van der Waals surface area contributed by atoms with Crippen LogP contribution in [0.4, 0.5) is 4.39 Å². The predicted octanol–water partition coefficient (Wildman–Crippen LogP) is 5.70. The second kappa shape index (κ2) is 6.82. The van der Waals surface area contributed by atoms with Crippen molar-refractivity contribution in [2.45, 2.75) is 58.5 Å². The van der Waals surface area contributed by atoms with E-state index in [2.05, 4.69) is 41.5 Å². The third kappa shape index (κ3) is 3.52. The van der Waals surface area contributed by atoms with Gasteiger partial charge in [0.15, 0.2) is 34.9 Å². The van der Waals surface area contributed by atoms with E-state index in [1.54, 1.807) is 0 Å². The van der Waals surface area contributed by atoms with E-state index in [9.17, 15) is 0 Å². The third-order valence-corrected chi connectivity index (χ3v) is 5.37. The molecule has 2 aliphatic rings. The van der Waals surface area contributed by atoms with Crippen molar-refractivity contribution in [2.75, 3.05) is 19.8 Å². The highest BCUT2D eigenvalue weighted by Crippen LogP contribution is 2.48. The highest BCUT2D eigenvalue weighted by molar-refractivity contribution is 5.56. The van der Waals surface area contributed by atoms with Crippen LogP contribution < -0.4 is 18.9 Å². The summed E-state index contributed by atoms with van der Waals surface area (Å²) in [6.07, 6.45) is -0.561. The summed E-state index contributed by atoms with van der Waals surface area (Å²) in [6.45, 7) is 13.6. The van der Waals surface area contributed by atoms with Gasteiger partial charge in [-0.05, 0) is 23.0 Å². The number of hydrogen-bond donors (Lipinski definition) is 0. The van der Waals surface area contributed by atoms with E-state index in [1.807, 2.05) is 24.3 Å². The second-order valence-electron chi connectivity index (χ2n) is 9.73. The lowest BCUT2D eigenvalue weighted by Gasteiger charge is -2.33. The molecule has 4 nitrogen and oxygen atoms in total. The van der Waals surface area contributed by atoms with Crippen LogP contribution in [0.3, 0.4) is 0 Å². The molecule has 0 saturated carbocycles. The maximum atomic E-state index is 15.4. The van der Waals surface area contributed by atoms with E-state index in [0.29, 0.717) is 30.3 Å². The van der Waals surface area contributed by atoms with Crippen molar-refractivity contribution in [3.63, 3.8) is 0 Å². The monoisotopic (exact) mass is 400 g/mol. The first kappa shape index (κ1) is 19.9. The Morgan fingerprint density at radius 1 is 0.828 bits per heavy atom. The van der Waals surface area contributed by atoms with Gasteiger partial charge in [0, 0.05) is 16.7 Å². The lowest BCUT2D eigenvalue weighted by molar-refractivity contribution is 0.0847. The summed E-state index contributed by atoms with van der Waals surface area (Å²) in [7, 11) is 0. The van der Waals surface area contributed by atoms with Crippen LogP contribution in [-0.2, 0) is 10.8 Å². The SMILES string of the molecule is CC(C)(C)c1cccc2c1OCC(c1cc(C(C)(C)C)c3c(c1F)OCCO3)O2. The Morgan fingerprint density at radius 3 is 2.14 bits per heavy atom. The van der Waals surface area contributed by atoms with Gasteiger partial charge in [0.2, 0.25) is 0 Å². The van der Waals surface area contributed by atoms with Crippen LogP contribution in [0.2, 0.25) is 0 Å². The van der Waals surface area contributed by atoms with Gasteiger partial charge < -0.3 is 18.9 Å². The fourth-order valence-corrected chi connectivity index (χ4v) is 3.84. The molecule has 0 N–H and O–H groups in total. The molecule has 2 aliphatic heterocycles. The van der Waals surface area contributed by atoms with Gasteiger partial charge in [-0.15, -0.1) is 0 Å². The maximum Gasteiger partial charge on any atom is 0.197 e. The average Bonchev–Trinajstić information content (AvgIpc) is 2.66. The fraction of sp³-hybridized carbons (Fsp3) is 0.500. The van der Waals surface area contributed by atoms with Gasteiger partial charge in [0.25, 0.3) is 0 Å². The normalized spacial score (nSPS) is 18.5. The minimum absolute atomic E-state index is 0.0802. The molecule has 29 heavy (non-hydrogen) atoms. The van der Waals surface area contributed by atoms with E-state index in [-0.39, 0.29) is 23.2 Å². The highest BCUT2D eigenvalue weighted by Gasteiger charge is 2.35. The van der Waals surface area contributed by atoms with Crippen molar-refractivity contribution < 1.29 is 23.3 Å². The highest BCUT2D eigenvalue weighted by atomic mass is 19.1. The first-order chi connectivity index (χ1) is 13.6. The molecule has 5 heteroatoms. The summed E-state index contributed by atoms with van der Waals surface area (Å²) >= 11 is 0. The van der Waals surface area contributed by atoms with Gasteiger partial charge in [0.05, 0.1) is 0 Å². The second-order valence-corrected chi connectivity index (χ2v) is 9.73. The summed E-state index contributed by atoms with van der Waals surface area (Å²) < 4.78 is 39.2. The smallest absolute Gasteiger partial charge is 0.197 e. The summed E-state index contributed by atoms with van der Waals surface area (Å²) in [4.78, 5) is 0. The van der Waals surface area contributed by atoms with Gasteiger partial charge >= 0.3 is 0 Å². The number of rotatable bonds is 1. The standard InChI is InChI=1S/C24H29FO4/c1-23(2,3)15-8-7-9-17-20(15)28-13-18(29-17)14-12-16(24(4,5)6)21-22(19(14)25)27-11-10-26-21/h7-9,12,18H,10-11,13H2,1-6H3. The first-order valence-corrected chi connectivity index (χ1v) is 10.1. The van der Waals surface area contributed by atoms with E-state index in [1.165, 1.54) is 0 Å². The zero-order valence-electron chi connectivity index (χ0n) is 18.0. The Kier molecular flexibility index (Phi) is 4.67. The average molecular weight is 400 g/mol. The predicted molar refractivity (Wildman–Crippen MR) is 110 cm³/mol. The lowest BCUT2D eigenvalue weighted by atomic mass is 9.84. The topological polar surface area (TPSA) is 36.9 Å². The molecular formula is C24H29FO4. The zero-order chi connectivity index (χ0) is 21.0. The van der Waals surface area contributed by atoms with Crippen LogP contribution >= 0.6 is 0 Å². The zero-order valence-corrected chi connectivity index (χ0v) is 18.0. The fourth-order valence-electron chi connectivity index (χ4n) is 3.84. The molecular weight excluding hydrogens is 371 g/mol. The van der Waals surface area contributed by atoms with Crippen molar-refractivity contribution >= 4 is 0 Å². The molecule has 0 aliphatic carbocycles. The molecule has 2 aromatic carbocycles. The third-order valence-electron chi connectivity index (χ3n) is 5.37. The number of para-hydroxylation sites is 1. The lowest BCUT2D eigenvalue weighted by Crippen LogP contribution is -2.27. The molecule has 0 amide bonds. The van der Waals surface area contributed by atoms with Gasteiger partial charge in [-0.25, -0.2) is 4.39 Å². The van der Waals surface area contributed by atoms with E-state index >= 15 is 4.39 Å². The van der Waals surface area contributed by atoms with E-state index in [0.717, 1.165) is 16.9 Å². The van der Waals surface area contributed by atoms with Crippen LogP contribution in [0.15, 0.2) is 24.3 Å². The molecule has 156 valence electrons.